The molecule has 0 spiro atoms. The lowest BCUT2D eigenvalue weighted by Crippen LogP contribution is -2.34. The molecule has 84 valence electrons. The summed E-state index contributed by atoms with van der Waals surface area (Å²) >= 11 is 3.25. The topological polar surface area (TPSA) is 74.5 Å². The summed E-state index contributed by atoms with van der Waals surface area (Å²) in [5.41, 5.74) is 0.493. The zero-order valence-electron chi connectivity index (χ0n) is 8.27. The van der Waals surface area contributed by atoms with Gasteiger partial charge in [0.2, 0.25) is 0 Å². The zero-order valence-corrected chi connectivity index (χ0v) is 9.86. The number of carbonyl (C=O) groups excluding carboxylic acids is 1. The summed E-state index contributed by atoms with van der Waals surface area (Å²) in [7, 11) is 1.75. The van der Waals surface area contributed by atoms with Gasteiger partial charge in [0.25, 0.3) is 5.91 Å². The molecule has 0 aliphatic rings. The molecular formula is C9H13BrN2O3. The first-order valence-electron chi connectivity index (χ1n) is 4.43. The maximum absolute atomic E-state index is 11.6. The van der Waals surface area contributed by atoms with Crippen LogP contribution in [0.3, 0.4) is 0 Å². The second kappa shape index (κ2) is 5.29. The van der Waals surface area contributed by atoms with E-state index < -0.39 is 6.10 Å². The van der Waals surface area contributed by atoms with Crippen molar-refractivity contribution in [2.75, 3.05) is 13.2 Å². The van der Waals surface area contributed by atoms with Crippen molar-refractivity contribution < 1.29 is 15.0 Å². The van der Waals surface area contributed by atoms with E-state index in [2.05, 4.69) is 21.2 Å². The molecule has 0 fully saturated rings. The summed E-state index contributed by atoms with van der Waals surface area (Å²) in [6, 6.07) is 1.68. The Kier molecular flexibility index (Phi) is 4.31. The lowest BCUT2D eigenvalue weighted by atomic mass is 10.3. The van der Waals surface area contributed by atoms with Gasteiger partial charge in [0.15, 0.2) is 0 Å². The number of rotatable bonds is 4. The third-order valence-corrected chi connectivity index (χ3v) is 2.35. The summed E-state index contributed by atoms with van der Waals surface area (Å²) in [4.78, 5) is 11.6. The SMILES string of the molecule is Cn1cc(Br)cc1C(=O)NCC(O)CO. The van der Waals surface area contributed by atoms with Gasteiger partial charge in [-0.2, -0.15) is 0 Å². The van der Waals surface area contributed by atoms with Crippen molar-refractivity contribution in [1.29, 1.82) is 0 Å². The lowest BCUT2D eigenvalue weighted by Gasteiger charge is -2.09. The molecule has 0 radical (unpaired) electrons. The molecule has 5 nitrogen and oxygen atoms in total. The van der Waals surface area contributed by atoms with Gasteiger partial charge in [0.05, 0.1) is 12.7 Å². The predicted octanol–water partition coefficient (Wildman–Crippen LogP) is -0.129. The molecule has 0 aliphatic heterocycles. The van der Waals surface area contributed by atoms with Crippen LogP contribution >= 0.6 is 15.9 Å². The van der Waals surface area contributed by atoms with E-state index in [9.17, 15) is 4.79 Å². The second-order valence-corrected chi connectivity index (χ2v) is 4.12. The molecule has 1 atom stereocenters. The second-order valence-electron chi connectivity index (χ2n) is 3.20. The van der Waals surface area contributed by atoms with Crippen LogP contribution in [0.5, 0.6) is 0 Å². The number of carbonyl (C=O) groups is 1. The summed E-state index contributed by atoms with van der Waals surface area (Å²) in [6.45, 7) is -0.324. The highest BCUT2D eigenvalue weighted by atomic mass is 79.9. The van der Waals surface area contributed by atoms with Gasteiger partial charge in [-0.05, 0) is 22.0 Å². The first kappa shape index (κ1) is 12.2. The Balaban J connectivity index is 2.58. The highest BCUT2D eigenvalue weighted by Gasteiger charge is 2.11. The van der Waals surface area contributed by atoms with Gasteiger partial charge in [-0.25, -0.2) is 0 Å². The Labute approximate surface area is 95.8 Å². The number of nitrogens with zero attached hydrogens (tertiary/aromatic N) is 1. The van der Waals surface area contributed by atoms with Gasteiger partial charge < -0.3 is 20.1 Å². The van der Waals surface area contributed by atoms with Gasteiger partial charge in [-0.3, -0.25) is 4.79 Å². The Morgan fingerprint density at radius 1 is 1.73 bits per heavy atom. The van der Waals surface area contributed by atoms with Crippen LogP contribution in [0, 0.1) is 0 Å². The number of amides is 1. The van der Waals surface area contributed by atoms with E-state index >= 15 is 0 Å². The third kappa shape index (κ3) is 3.33. The van der Waals surface area contributed by atoms with E-state index in [4.69, 9.17) is 10.2 Å². The highest BCUT2D eigenvalue weighted by Crippen LogP contribution is 2.13. The Morgan fingerprint density at radius 2 is 2.40 bits per heavy atom. The van der Waals surface area contributed by atoms with Crippen molar-refractivity contribution in [1.82, 2.24) is 9.88 Å². The fraction of sp³-hybridized carbons (Fsp3) is 0.444. The smallest absolute Gasteiger partial charge is 0.268 e. The van der Waals surface area contributed by atoms with Crippen LogP contribution < -0.4 is 5.32 Å². The molecule has 0 aromatic carbocycles. The van der Waals surface area contributed by atoms with Crippen molar-refractivity contribution in [2.24, 2.45) is 7.05 Å². The molecule has 3 N–H and O–H groups in total. The highest BCUT2D eigenvalue weighted by molar-refractivity contribution is 9.10. The monoisotopic (exact) mass is 276 g/mol. The largest absolute Gasteiger partial charge is 0.394 e. The van der Waals surface area contributed by atoms with E-state index in [1.165, 1.54) is 0 Å². The number of aromatic nitrogens is 1. The van der Waals surface area contributed by atoms with Crippen molar-refractivity contribution >= 4 is 21.8 Å². The fourth-order valence-corrected chi connectivity index (χ4v) is 1.64. The molecule has 6 heteroatoms. The Bertz CT molecular complexity index is 351. The third-order valence-electron chi connectivity index (χ3n) is 1.91. The first-order chi connectivity index (χ1) is 7.04. The average Bonchev–Trinajstić information content (AvgIpc) is 2.53. The molecule has 0 bridgehead atoms. The minimum Gasteiger partial charge on any atom is -0.394 e. The quantitative estimate of drug-likeness (QED) is 0.717. The van der Waals surface area contributed by atoms with Gasteiger partial charge in [0, 0.05) is 24.3 Å². The fourth-order valence-electron chi connectivity index (χ4n) is 1.12. The standard InChI is InChI=1S/C9H13BrN2O3/c1-12-4-6(10)2-8(12)9(15)11-3-7(14)5-13/h2,4,7,13-14H,3,5H2,1H3,(H,11,15). The Morgan fingerprint density at radius 3 is 2.87 bits per heavy atom. The molecule has 1 aromatic heterocycles. The van der Waals surface area contributed by atoms with Crippen LogP contribution in [0.4, 0.5) is 0 Å². The number of hydrogen-bond acceptors (Lipinski definition) is 3. The summed E-state index contributed by atoms with van der Waals surface area (Å²) < 4.78 is 2.49. The molecule has 1 unspecified atom stereocenters. The lowest BCUT2D eigenvalue weighted by molar-refractivity contribution is 0.0797. The van der Waals surface area contributed by atoms with Crippen LogP contribution in [-0.2, 0) is 7.05 Å². The number of nitrogens with one attached hydrogen (secondary N) is 1. The van der Waals surface area contributed by atoms with E-state index in [1.807, 2.05) is 0 Å². The number of hydrogen-bond donors (Lipinski definition) is 3. The van der Waals surface area contributed by atoms with E-state index in [1.54, 1.807) is 23.9 Å². The van der Waals surface area contributed by atoms with Gasteiger partial charge in [-0.15, -0.1) is 0 Å². The normalized spacial score (nSPS) is 12.5. The molecule has 1 aromatic rings. The molecule has 0 saturated carbocycles. The van der Waals surface area contributed by atoms with E-state index in [0.29, 0.717) is 5.69 Å². The van der Waals surface area contributed by atoms with Gasteiger partial charge in [0.1, 0.15) is 5.69 Å². The molecule has 15 heavy (non-hydrogen) atoms. The summed E-state index contributed by atoms with van der Waals surface area (Å²) in [6.07, 6.45) is 0.842. The molecule has 0 saturated heterocycles. The maximum atomic E-state index is 11.6. The molecule has 0 aliphatic carbocycles. The minimum absolute atomic E-state index is 0.0398. The van der Waals surface area contributed by atoms with Crippen LogP contribution in [0.2, 0.25) is 0 Å². The van der Waals surface area contributed by atoms with E-state index in [-0.39, 0.29) is 19.1 Å². The molecule has 1 heterocycles. The maximum Gasteiger partial charge on any atom is 0.268 e. The van der Waals surface area contributed by atoms with Crippen molar-refractivity contribution in [2.45, 2.75) is 6.10 Å². The first-order valence-corrected chi connectivity index (χ1v) is 5.23. The number of aliphatic hydroxyl groups is 2. The van der Waals surface area contributed by atoms with Crippen LogP contribution in [0.1, 0.15) is 10.5 Å². The van der Waals surface area contributed by atoms with Crippen LogP contribution in [0.25, 0.3) is 0 Å². The number of aryl methyl sites for hydroxylation is 1. The van der Waals surface area contributed by atoms with Crippen molar-refractivity contribution in [3.63, 3.8) is 0 Å². The van der Waals surface area contributed by atoms with Gasteiger partial charge >= 0.3 is 0 Å². The van der Waals surface area contributed by atoms with Crippen LogP contribution in [0.15, 0.2) is 16.7 Å². The van der Waals surface area contributed by atoms with E-state index in [0.717, 1.165) is 4.47 Å². The van der Waals surface area contributed by atoms with Gasteiger partial charge in [-0.1, -0.05) is 0 Å². The van der Waals surface area contributed by atoms with Crippen molar-refractivity contribution in [3.05, 3.63) is 22.4 Å². The number of halogens is 1. The summed E-state index contributed by atoms with van der Waals surface area (Å²) in [5.74, 6) is -0.282. The molecule has 1 amide bonds. The average molecular weight is 277 g/mol. The minimum atomic E-state index is -0.919. The van der Waals surface area contributed by atoms with Crippen LogP contribution in [-0.4, -0.2) is 39.9 Å². The summed E-state index contributed by atoms with van der Waals surface area (Å²) in [5, 5.41) is 20.1. The number of aliphatic hydroxyl groups excluding tert-OH is 2. The predicted molar refractivity (Wildman–Crippen MR) is 58.5 cm³/mol. The zero-order chi connectivity index (χ0) is 11.4. The molecule has 1 rings (SSSR count). The van der Waals surface area contributed by atoms with Crippen molar-refractivity contribution in [3.8, 4) is 0 Å². The Hall–Kier alpha value is -0.850. The molecular weight excluding hydrogens is 264 g/mol.